The molecule has 0 aliphatic carbocycles. The zero-order chi connectivity index (χ0) is 25.4. The predicted octanol–water partition coefficient (Wildman–Crippen LogP) is 5.88. The first-order valence-electron chi connectivity index (χ1n) is 12.2. The lowest BCUT2D eigenvalue weighted by Gasteiger charge is -2.39. The third-order valence-electron chi connectivity index (χ3n) is 5.65. The second kappa shape index (κ2) is 15.7. The van der Waals surface area contributed by atoms with Crippen molar-refractivity contribution < 1.29 is 9.90 Å². The van der Waals surface area contributed by atoms with Crippen LogP contribution in [0.4, 0.5) is 0 Å². The minimum Gasteiger partial charge on any atom is -0.380 e. The molecule has 1 unspecified atom stereocenters. The van der Waals surface area contributed by atoms with Gasteiger partial charge in [0.05, 0.1) is 0 Å². The van der Waals surface area contributed by atoms with Crippen LogP contribution in [0.2, 0.25) is 0 Å². The van der Waals surface area contributed by atoms with E-state index in [0.717, 1.165) is 5.56 Å². The number of aromatic nitrogens is 2. The molecule has 0 fully saturated rings. The molecular weight excluding hydrogens is 422 g/mol. The number of carbonyl (C=O) groups is 1. The van der Waals surface area contributed by atoms with Crippen LogP contribution in [0.15, 0.2) is 79.4 Å². The van der Waals surface area contributed by atoms with Gasteiger partial charge in [0.15, 0.2) is 0 Å². The molecule has 34 heavy (non-hydrogen) atoms. The van der Waals surface area contributed by atoms with Crippen LogP contribution in [0.3, 0.4) is 0 Å². The van der Waals surface area contributed by atoms with Crippen LogP contribution < -0.4 is 0 Å². The van der Waals surface area contributed by atoms with E-state index in [1.807, 2.05) is 68.4 Å². The number of nitrogens with zero attached hydrogens (tertiary/aromatic N) is 3. The summed E-state index contributed by atoms with van der Waals surface area (Å²) in [5, 5.41) is 12.1. The van der Waals surface area contributed by atoms with Gasteiger partial charge in [-0.15, -0.1) is 0 Å². The van der Waals surface area contributed by atoms with Crippen LogP contribution in [-0.2, 0) is 16.8 Å². The van der Waals surface area contributed by atoms with Gasteiger partial charge in [-0.25, -0.2) is 0 Å². The van der Waals surface area contributed by atoms with Crippen LogP contribution in [0.25, 0.3) is 0 Å². The molecule has 1 aromatic carbocycles. The normalized spacial score (nSPS) is 11.3. The van der Waals surface area contributed by atoms with Crippen molar-refractivity contribution in [3.8, 4) is 0 Å². The number of unbranched alkanes of at least 4 members (excludes halogenated alkanes) is 1. The van der Waals surface area contributed by atoms with E-state index in [4.69, 9.17) is 0 Å². The lowest BCUT2D eigenvalue weighted by molar-refractivity contribution is -0.129. The van der Waals surface area contributed by atoms with Crippen molar-refractivity contribution in [2.24, 2.45) is 5.92 Å². The average molecular weight is 464 g/mol. The molecule has 0 radical (unpaired) electrons. The summed E-state index contributed by atoms with van der Waals surface area (Å²) in [5.41, 5.74) is 1.11. The maximum atomic E-state index is 12.1. The van der Waals surface area contributed by atoms with Gasteiger partial charge in [-0.2, -0.15) is 0 Å². The molecule has 0 spiro atoms. The molecule has 1 N–H and O–H groups in total. The van der Waals surface area contributed by atoms with Gasteiger partial charge in [0.1, 0.15) is 5.60 Å². The molecule has 3 aromatic rings. The molecular formula is C29H41N3O2. The summed E-state index contributed by atoms with van der Waals surface area (Å²) in [7, 11) is 1.76. The minimum atomic E-state index is -1.35. The Morgan fingerprint density at radius 2 is 1.41 bits per heavy atom. The molecule has 5 nitrogen and oxygen atoms in total. The Morgan fingerprint density at radius 3 is 1.79 bits per heavy atom. The summed E-state index contributed by atoms with van der Waals surface area (Å²) in [6.07, 6.45) is 9.96. The minimum absolute atomic E-state index is 0.0437. The van der Waals surface area contributed by atoms with Crippen LogP contribution in [0.5, 0.6) is 0 Å². The fourth-order valence-corrected chi connectivity index (χ4v) is 3.52. The maximum Gasteiger partial charge on any atom is 0.219 e. The van der Waals surface area contributed by atoms with Gasteiger partial charge < -0.3 is 10.0 Å². The highest BCUT2D eigenvalue weighted by molar-refractivity contribution is 5.72. The molecule has 0 bridgehead atoms. The quantitative estimate of drug-likeness (QED) is 0.453. The molecule has 1 amide bonds. The fourth-order valence-electron chi connectivity index (χ4n) is 3.52. The summed E-state index contributed by atoms with van der Waals surface area (Å²) in [6, 6.07) is 17.4. The average Bonchev–Trinajstić information content (AvgIpc) is 2.90. The van der Waals surface area contributed by atoms with Crippen LogP contribution >= 0.6 is 0 Å². The van der Waals surface area contributed by atoms with E-state index < -0.39 is 5.60 Å². The lowest BCUT2D eigenvalue weighted by Crippen LogP contribution is -2.44. The number of hydrogen-bond acceptors (Lipinski definition) is 4. The Labute approximate surface area is 205 Å². The monoisotopic (exact) mass is 463 g/mol. The van der Waals surface area contributed by atoms with E-state index in [1.165, 1.54) is 19.8 Å². The van der Waals surface area contributed by atoms with Crippen LogP contribution in [0, 0.1) is 5.92 Å². The van der Waals surface area contributed by atoms with E-state index >= 15 is 0 Å². The number of hydrogen-bond donors (Lipinski definition) is 1. The van der Waals surface area contributed by atoms with E-state index in [2.05, 4.69) is 23.8 Å². The number of benzene rings is 1. The molecule has 0 aliphatic rings. The van der Waals surface area contributed by atoms with Gasteiger partial charge in [0.2, 0.25) is 5.91 Å². The van der Waals surface area contributed by atoms with Gasteiger partial charge in [-0.05, 0) is 24.1 Å². The summed E-state index contributed by atoms with van der Waals surface area (Å²) in [6.45, 7) is 10.3. The molecule has 0 aliphatic heterocycles. The first-order chi connectivity index (χ1) is 16.4. The standard InChI is InChI=1S/C23H25N3O2.C4H10.C2H6/c1-18(27)26(2)17-22(14-19-8-4-3-5-9-19)23(28,20-10-6-12-24-15-20)21-11-7-13-25-16-21;1-3-4-2;1-2/h3-13,15-16,22,28H,14,17H2,1-2H3;3-4H2,1-2H3;1-2H3. The fraction of sp³-hybridized carbons (Fsp3) is 0.414. The van der Waals surface area contributed by atoms with Crippen molar-refractivity contribution in [2.75, 3.05) is 13.6 Å². The van der Waals surface area contributed by atoms with Gasteiger partial charge in [-0.1, -0.05) is 83.0 Å². The first-order valence-corrected chi connectivity index (χ1v) is 12.2. The molecule has 5 heteroatoms. The molecule has 2 aromatic heterocycles. The smallest absolute Gasteiger partial charge is 0.219 e. The molecule has 184 valence electrons. The van der Waals surface area contributed by atoms with Crippen molar-refractivity contribution >= 4 is 5.91 Å². The first kappa shape index (κ1) is 29.0. The molecule has 2 heterocycles. The second-order valence-corrected chi connectivity index (χ2v) is 8.04. The van der Waals surface area contributed by atoms with Gasteiger partial charge >= 0.3 is 0 Å². The third kappa shape index (κ3) is 8.38. The lowest BCUT2D eigenvalue weighted by atomic mass is 9.74. The van der Waals surface area contributed by atoms with Crippen molar-refractivity contribution in [2.45, 2.75) is 59.5 Å². The molecule has 1 atom stereocenters. The summed E-state index contributed by atoms with van der Waals surface area (Å²) in [4.78, 5) is 22.0. The highest BCUT2D eigenvalue weighted by Gasteiger charge is 2.41. The van der Waals surface area contributed by atoms with Gasteiger partial charge in [0.25, 0.3) is 0 Å². The molecule has 0 saturated carbocycles. The predicted molar refractivity (Wildman–Crippen MR) is 140 cm³/mol. The summed E-state index contributed by atoms with van der Waals surface area (Å²) in [5.74, 6) is -0.338. The Bertz CT molecular complexity index is 876. The van der Waals surface area contributed by atoms with Crippen molar-refractivity contribution in [1.29, 1.82) is 0 Å². The Morgan fingerprint density at radius 1 is 0.912 bits per heavy atom. The second-order valence-electron chi connectivity index (χ2n) is 8.04. The van der Waals surface area contributed by atoms with Crippen molar-refractivity contribution in [3.05, 3.63) is 96.1 Å². The summed E-state index contributed by atoms with van der Waals surface area (Å²) < 4.78 is 0. The Hall–Kier alpha value is -3.05. The number of rotatable bonds is 8. The van der Waals surface area contributed by atoms with E-state index in [0.29, 0.717) is 24.1 Å². The van der Waals surface area contributed by atoms with Crippen LogP contribution in [0.1, 0.15) is 64.2 Å². The number of pyridine rings is 2. The highest BCUT2D eigenvalue weighted by atomic mass is 16.3. The van der Waals surface area contributed by atoms with Gasteiger partial charge in [0, 0.05) is 62.3 Å². The zero-order valence-corrected chi connectivity index (χ0v) is 21.6. The SMILES string of the molecule is CC.CC(=O)N(C)CC(Cc1ccccc1)C(O)(c1cccnc1)c1cccnc1.CCCC. The van der Waals surface area contributed by atoms with E-state index in [1.54, 1.807) is 36.7 Å². The third-order valence-corrected chi connectivity index (χ3v) is 5.65. The Kier molecular flexibility index (Phi) is 13.4. The largest absolute Gasteiger partial charge is 0.380 e. The summed E-state index contributed by atoms with van der Waals surface area (Å²) >= 11 is 0. The van der Waals surface area contributed by atoms with Crippen molar-refractivity contribution in [3.63, 3.8) is 0 Å². The maximum absolute atomic E-state index is 12.1. The number of carbonyl (C=O) groups excluding carboxylic acids is 1. The molecule has 0 saturated heterocycles. The van der Waals surface area contributed by atoms with Gasteiger partial charge in [-0.3, -0.25) is 14.8 Å². The number of amides is 1. The zero-order valence-electron chi connectivity index (χ0n) is 21.6. The topological polar surface area (TPSA) is 66.3 Å². The van der Waals surface area contributed by atoms with E-state index in [-0.39, 0.29) is 11.8 Å². The van der Waals surface area contributed by atoms with Crippen LogP contribution in [-0.4, -0.2) is 39.5 Å². The molecule has 3 rings (SSSR count). The van der Waals surface area contributed by atoms with E-state index in [9.17, 15) is 9.90 Å². The Balaban J connectivity index is 0.000000872. The van der Waals surface area contributed by atoms with Crippen molar-refractivity contribution in [1.82, 2.24) is 14.9 Å². The highest BCUT2D eigenvalue weighted by Crippen LogP contribution is 2.38. The number of aliphatic hydroxyl groups is 1.